The molecule has 110 valence electrons. The van der Waals surface area contributed by atoms with Crippen molar-refractivity contribution >= 4 is 0 Å². The van der Waals surface area contributed by atoms with E-state index in [1.807, 2.05) is 0 Å². The van der Waals surface area contributed by atoms with Crippen molar-refractivity contribution in [2.24, 2.45) is 17.8 Å². The molecule has 0 aromatic heterocycles. The molecule has 19 heavy (non-hydrogen) atoms. The van der Waals surface area contributed by atoms with Crippen LogP contribution >= 0.6 is 0 Å². The molecule has 0 aliphatic heterocycles. The van der Waals surface area contributed by atoms with Crippen molar-refractivity contribution in [1.82, 2.24) is 5.32 Å². The Hall–Kier alpha value is -0.480. The van der Waals surface area contributed by atoms with E-state index >= 15 is 0 Å². The number of rotatable bonds is 8. The van der Waals surface area contributed by atoms with Gasteiger partial charge in [0, 0.05) is 12.5 Å². The highest BCUT2D eigenvalue weighted by molar-refractivity contribution is 4.86. The molecule has 1 fully saturated rings. The van der Waals surface area contributed by atoms with Gasteiger partial charge in [0.15, 0.2) is 0 Å². The first-order valence-electron chi connectivity index (χ1n) is 8.35. The molecule has 1 heteroatoms. The molecule has 0 bridgehead atoms. The third-order valence-corrected chi connectivity index (χ3v) is 4.82. The molecule has 1 N–H and O–H groups in total. The summed E-state index contributed by atoms with van der Waals surface area (Å²) >= 11 is 0. The molecule has 1 nitrogen and oxygen atoms in total. The summed E-state index contributed by atoms with van der Waals surface area (Å²) in [5.41, 5.74) is 0. The van der Waals surface area contributed by atoms with Crippen LogP contribution in [-0.2, 0) is 0 Å². The Kier molecular flexibility index (Phi) is 8.22. The molecule has 1 aliphatic rings. The SMILES string of the molecule is C#CCCCC(NCCC)C1CCC(C(C)C)CC1. The van der Waals surface area contributed by atoms with Crippen LogP contribution in [0.4, 0.5) is 0 Å². The summed E-state index contributed by atoms with van der Waals surface area (Å²) < 4.78 is 0. The monoisotopic (exact) mass is 263 g/mol. The van der Waals surface area contributed by atoms with Crippen molar-refractivity contribution in [3.8, 4) is 12.3 Å². The zero-order valence-corrected chi connectivity index (χ0v) is 13.3. The van der Waals surface area contributed by atoms with Gasteiger partial charge >= 0.3 is 0 Å². The van der Waals surface area contributed by atoms with Gasteiger partial charge in [-0.1, -0.05) is 20.8 Å². The second-order valence-electron chi connectivity index (χ2n) is 6.58. The van der Waals surface area contributed by atoms with Gasteiger partial charge < -0.3 is 5.32 Å². The number of hydrogen-bond donors (Lipinski definition) is 1. The third-order valence-electron chi connectivity index (χ3n) is 4.82. The van der Waals surface area contributed by atoms with Crippen molar-refractivity contribution in [3.05, 3.63) is 0 Å². The van der Waals surface area contributed by atoms with E-state index in [4.69, 9.17) is 6.42 Å². The topological polar surface area (TPSA) is 12.0 Å². The van der Waals surface area contributed by atoms with Crippen molar-refractivity contribution in [3.63, 3.8) is 0 Å². The van der Waals surface area contributed by atoms with Crippen LogP contribution in [0.3, 0.4) is 0 Å². The van der Waals surface area contributed by atoms with Gasteiger partial charge in [-0.25, -0.2) is 0 Å². The first-order valence-corrected chi connectivity index (χ1v) is 8.35. The average Bonchev–Trinajstić information content (AvgIpc) is 2.43. The smallest absolute Gasteiger partial charge is 0.00956 e. The van der Waals surface area contributed by atoms with Crippen LogP contribution in [0.1, 0.15) is 72.1 Å². The Labute approximate surface area is 120 Å². The molecule has 0 heterocycles. The van der Waals surface area contributed by atoms with E-state index in [1.165, 1.54) is 44.9 Å². The maximum Gasteiger partial charge on any atom is 0.00956 e. The largest absolute Gasteiger partial charge is 0.314 e. The van der Waals surface area contributed by atoms with Crippen LogP contribution < -0.4 is 5.32 Å². The van der Waals surface area contributed by atoms with Gasteiger partial charge in [0.05, 0.1) is 0 Å². The van der Waals surface area contributed by atoms with E-state index in [1.54, 1.807) is 0 Å². The Balaban J connectivity index is 2.39. The van der Waals surface area contributed by atoms with Crippen LogP contribution in [0.2, 0.25) is 0 Å². The second-order valence-corrected chi connectivity index (χ2v) is 6.58. The Morgan fingerprint density at radius 3 is 2.32 bits per heavy atom. The van der Waals surface area contributed by atoms with Crippen molar-refractivity contribution in [2.75, 3.05) is 6.54 Å². The normalized spacial score (nSPS) is 25.2. The summed E-state index contributed by atoms with van der Waals surface area (Å²) in [7, 11) is 0. The van der Waals surface area contributed by atoms with Gasteiger partial charge in [-0.3, -0.25) is 0 Å². The van der Waals surface area contributed by atoms with E-state index in [2.05, 4.69) is 32.0 Å². The predicted molar refractivity (Wildman–Crippen MR) is 85.1 cm³/mol. The minimum atomic E-state index is 0.710. The lowest BCUT2D eigenvalue weighted by atomic mass is 9.74. The van der Waals surface area contributed by atoms with Crippen LogP contribution in [0.5, 0.6) is 0 Å². The highest BCUT2D eigenvalue weighted by atomic mass is 14.9. The zero-order chi connectivity index (χ0) is 14.1. The molecule has 0 spiro atoms. The minimum Gasteiger partial charge on any atom is -0.314 e. The molecule has 0 aromatic carbocycles. The predicted octanol–water partition coefficient (Wildman–Crippen LogP) is 4.62. The van der Waals surface area contributed by atoms with E-state index in [9.17, 15) is 0 Å². The van der Waals surface area contributed by atoms with Gasteiger partial charge in [-0.05, 0) is 69.2 Å². The summed E-state index contributed by atoms with van der Waals surface area (Å²) in [5.74, 6) is 5.50. The first kappa shape index (κ1) is 16.6. The number of nitrogens with one attached hydrogen (secondary N) is 1. The van der Waals surface area contributed by atoms with Gasteiger partial charge in [0.1, 0.15) is 0 Å². The van der Waals surface area contributed by atoms with E-state index in [0.717, 1.165) is 30.7 Å². The number of hydrogen-bond acceptors (Lipinski definition) is 1. The van der Waals surface area contributed by atoms with Gasteiger partial charge in [-0.15, -0.1) is 12.3 Å². The van der Waals surface area contributed by atoms with E-state index in [-0.39, 0.29) is 0 Å². The van der Waals surface area contributed by atoms with Crippen molar-refractivity contribution < 1.29 is 0 Å². The molecule has 0 saturated heterocycles. The fourth-order valence-corrected chi connectivity index (χ4v) is 3.47. The Morgan fingerprint density at radius 2 is 1.79 bits per heavy atom. The second kappa shape index (κ2) is 9.43. The summed E-state index contributed by atoms with van der Waals surface area (Å²) in [5, 5.41) is 3.77. The number of unbranched alkanes of at least 4 members (excludes halogenated alkanes) is 1. The Morgan fingerprint density at radius 1 is 1.16 bits per heavy atom. The maximum absolute atomic E-state index is 5.37. The molecule has 1 unspecified atom stereocenters. The molecule has 0 amide bonds. The van der Waals surface area contributed by atoms with Crippen LogP contribution in [-0.4, -0.2) is 12.6 Å². The lowest BCUT2D eigenvalue weighted by Gasteiger charge is -2.36. The number of terminal acetylenes is 1. The Bertz CT molecular complexity index is 255. The van der Waals surface area contributed by atoms with Gasteiger partial charge in [0.2, 0.25) is 0 Å². The molecule has 1 saturated carbocycles. The molecular weight excluding hydrogens is 230 g/mol. The summed E-state index contributed by atoms with van der Waals surface area (Å²) in [6.45, 7) is 8.17. The highest BCUT2D eigenvalue weighted by Crippen LogP contribution is 2.35. The summed E-state index contributed by atoms with van der Waals surface area (Å²) in [4.78, 5) is 0. The van der Waals surface area contributed by atoms with Gasteiger partial charge in [-0.2, -0.15) is 0 Å². The lowest BCUT2D eigenvalue weighted by Crippen LogP contribution is -2.39. The fourth-order valence-electron chi connectivity index (χ4n) is 3.47. The minimum absolute atomic E-state index is 0.710. The van der Waals surface area contributed by atoms with E-state index in [0.29, 0.717) is 6.04 Å². The first-order chi connectivity index (χ1) is 9.19. The lowest BCUT2D eigenvalue weighted by molar-refractivity contribution is 0.183. The molecule has 0 radical (unpaired) electrons. The van der Waals surface area contributed by atoms with Crippen LogP contribution in [0.25, 0.3) is 0 Å². The van der Waals surface area contributed by atoms with Gasteiger partial charge in [0.25, 0.3) is 0 Å². The van der Waals surface area contributed by atoms with Crippen LogP contribution in [0, 0.1) is 30.1 Å². The third kappa shape index (κ3) is 6.00. The molecule has 1 atom stereocenters. The fraction of sp³-hybridized carbons (Fsp3) is 0.889. The molecule has 0 aromatic rings. The van der Waals surface area contributed by atoms with Crippen molar-refractivity contribution in [1.29, 1.82) is 0 Å². The quantitative estimate of drug-likeness (QED) is 0.498. The summed E-state index contributed by atoms with van der Waals surface area (Å²) in [6.07, 6.45) is 15.7. The van der Waals surface area contributed by atoms with E-state index < -0.39 is 0 Å². The highest BCUT2D eigenvalue weighted by Gasteiger charge is 2.28. The average molecular weight is 263 g/mol. The zero-order valence-electron chi connectivity index (χ0n) is 13.3. The summed E-state index contributed by atoms with van der Waals surface area (Å²) in [6, 6.07) is 0.710. The molecule has 1 rings (SSSR count). The van der Waals surface area contributed by atoms with Crippen molar-refractivity contribution in [2.45, 2.75) is 78.2 Å². The molecule has 1 aliphatic carbocycles. The molecular formula is C18H33N. The maximum atomic E-state index is 5.37. The standard InChI is InChI=1S/C18H33N/c1-5-7-8-9-18(19-14-6-2)17-12-10-16(11-13-17)15(3)4/h1,15-19H,6-14H2,2-4H3. The van der Waals surface area contributed by atoms with Crippen LogP contribution in [0.15, 0.2) is 0 Å².